The van der Waals surface area contributed by atoms with Crippen molar-refractivity contribution in [2.24, 2.45) is 23.7 Å². The number of oxazole rings is 1. The van der Waals surface area contributed by atoms with Crippen LogP contribution in [0, 0.1) is 23.7 Å². The third kappa shape index (κ3) is 2.64. The van der Waals surface area contributed by atoms with Gasteiger partial charge in [-0.15, -0.1) is 0 Å². The minimum atomic E-state index is 0.651. The van der Waals surface area contributed by atoms with Crippen molar-refractivity contribution in [2.75, 3.05) is 20.3 Å². The fourth-order valence-corrected chi connectivity index (χ4v) is 5.32. The number of methoxy groups -OCH3 is 1. The van der Waals surface area contributed by atoms with E-state index in [4.69, 9.17) is 9.15 Å². The SMILES string of the molecule is COCCNCc1ncc(C2C3CC4CC(C3)CC2C4)o1. The first-order valence-corrected chi connectivity index (χ1v) is 8.47. The first kappa shape index (κ1) is 13.8. The lowest BCUT2D eigenvalue weighted by atomic mass is 9.51. The predicted octanol–water partition coefficient (Wildman–Crippen LogP) is 2.95. The number of hydrogen-bond acceptors (Lipinski definition) is 4. The van der Waals surface area contributed by atoms with Crippen LogP contribution < -0.4 is 5.32 Å². The fourth-order valence-electron chi connectivity index (χ4n) is 5.32. The van der Waals surface area contributed by atoms with Gasteiger partial charge >= 0.3 is 0 Å². The topological polar surface area (TPSA) is 47.3 Å². The first-order chi connectivity index (χ1) is 10.3. The van der Waals surface area contributed by atoms with Gasteiger partial charge in [0, 0.05) is 19.6 Å². The van der Waals surface area contributed by atoms with Gasteiger partial charge in [-0.1, -0.05) is 0 Å². The second kappa shape index (κ2) is 5.73. The van der Waals surface area contributed by atoms with Gasteiger partial charge in [0.05, 0.1) is 19.3 Å². The summed E-state index contributed by atoms with van der Waals surface area (Å²) in [5.41, 5.74) is 0. The molecule has 0 atom stereocenters. The Bertz CT molecular complexity index is 457. The van der Waals surface area contributed by atoms with E-state index in [1.54, 1.807) is 7.11 Å². The summed E-state index contributed by atoms with van der Waals surface area (Å²) in [5, 5.41) is 3.30. The molecule has 0 unspecified atom stereocenters. The number of rotatable bonds is 6. The summed E-state index contributed by atoms with van der Waals surface area (Å²) in [7, 11) is 1.72. The van der Waals surface area contributed by atoms with Crippen LogP contribution in [0.15, 0.2) is 10.6 Å². The van der Waals surface area contributed by atoms with Crippen LogP contribution in [-0.4, -0.2) is 25.2 Å². The van der Waals surface area contributed by atoms with E-state index in [2.05, 4.69) is 10.3 Å². The standard InChI is InChI=1S/C17H26N2O2/c1-20-3-2-18-10-16-19-9-15(21-16)17-13-5-11-4-12(7-13)8-14(17)6-11/h9,11-14,17-18H,2-8,10H2,1H3. The van der Waals surface area contributed by atoms with Crippen LogP contribution >= 0.6 is 0 Å². The quantitative estimate of drug-likeness (QED) is 0.818. The molecule has 21 heavy (non-hydrogen) atoms. The molecule has 1 aromatic heterocycles. The van der Waals surface area contributed by atoms with Crippen molar-refractivity contribution < 1.29 is 9.15 Å². The molecule has 0 aromatic carbocycles. The molecule has 0 amide bonds. The number of ether oxygens (including phenoxy) is 1. The van der Waals surface area contributed by atoms with Gasteiger partial charge in [0.15, 0.2) is 0 Å². The molecule has 0 aliphatic heterocycles. The molecule has 1 heterocycles. The second-order valence-corrected chi connectivity index (χ2v) is 7.28. The lowest BCUT2D eigenvalue weighted by Crippen LogP contribution is -2.43. The highest BCUT2D eigenvalue weighted by Gasteiger charge is 2.49. The summed E-state index contributed by atoms with van der Waals surface area (Å²) in [4.78, 5) is 4.48. The number of nitrogens with one attached hydrogen (secondary N) is 1. The van der Waals surface area contributed by atoms with E-state index in [-0.39, 0.29) is 0 Å². The molecule has 4 fully saturated rings. The van der Waals surface area contributed by atoms with Gasteiger partial charge in [-0.2, -0.15) is 0 Å². The Labute approximate surface area is 126 Å². The highest BCUT2D eigenvalue weighted by molar-refractivity contribution is 5.13. The van der Waals surface area contributed by atoms with E-state index in [1.165, 1.54) is 32.1 Å². The largest absolute Gasteiger partial charge is 0.444 e. The Morgan fingerprint density at radius 3 is 2.57 bits per heavy atom. The minimum Gasteiger partial charge on any atom is -0.444 e. The van der Waals surface area contributed by atoms with Crippen LogP contribution in [0.3, 0.4) is 0 Å². The van der Waals surface area contributed by atoms with Gasteiger partial charge in [0.25, 0.3) is 0 Å². The molecule has 4 nitrogen and oxygen atoms in total. The van der Waals surface area contributed by atoms with Crippen LogP contribution in [-0.2, 0) is 11.3 Å². The van der Waals surface area contributed by atoms with Gasteiger partial charge in [-0.3, -0.25) is 0 Å². The molecule has 4 aliphatic carbocycles. The molecule has 5 rings (SSSR count). The Balaban J connectivity index is 1.41. The van der Waals surface area contributed by atoms with Gasteiger partial charge in [-0.25, -0.2) is 4.98 Å². The van der Waals surface area contributed by atoms with E-state index >= 15 is 0 Å². The monoisotopic (exact) mass is 290 g/mol. The molecule has 0 radical (unpaired) electrons. The average Bonchev–Trinajstić information content (AvgIpc) is 2.91. The van der Waals surface area contributed by atoms with Crippen LogP contribution in [0.4, 0.5) is 0 Å². The van der Waals surface area contributed by atoms with E-state index in [9.17, 15) is 0 Å². The molecule has 0 spiro atoms. The Morgan fingerprint density at radius 2 is 1.90 bits per heavy atom. The summed E-state index contributed by atoms with van der Waals surface area (Å²) >= 11 is 0. The summed E-state index contributed by atoms with van der Waals surface area (Å²) in [6.07, 6.45) is 9.23. The lowest BCUT2D eigenvalue weighted by Gasteiger charge is -2.53. The maximum atomic E-state index is 6.08. The molecule has 0 saturated heterocycles. The third-order valence-corrected chi connectivity index (χ3v) is 5.89. The van der Waals surface area contributed by atoms with Gasteiger partial charge < -0.3 is 14.5 Å². The van der Waals surface area contributed by atoms with E-state index < -0.39 is 0 Å². The highest BCUT2D eigenvalue weighted by Crippen LogP contribution is 2.59. The van der Waals surface area contributed by atoms with Crippen molar-refractivity contribution in [3.05, 3.63) is 17.8 Å². The first-order valence-electron chi connectivity index (χ1n) is 8.47. The summed E-state index contributed by atoms with van der Waals surface area (Å²) in [6, 6.07) is 0. The second-order valence-electron chi connectivity index (χ2n) is 7.28. The van der Waals surface area contributed by atoms with Crippen molar-refractivity contribution in [1.29, 1.82) is 0 Å². The molecule has 116 valence electrons. The predicted molar refractivity (Wildman–Crippen MR) is 79.9 cm³/mol. The molecule has 1 N–H and O–H groups in total. The maximum Gasteiger partial charge on any atom is 0.208 e. The van der Waals surface area contributed by atoms with Crippen LogP contribution in [0.2, 0.25) is 0 Å². The van der Waals surface area contributed by atoms with E-state index in [0.717, 1.165) is 48.5 Å². The number of aromatic nitrogens is 1. The van der Waals surface area contributed by atoms with Crippen molar-refractivity contribution >= 4 is 0 Å². The van der Waals surface area contributed by atoms with Crippen molar-refractivity contribution in [3.63, 3.8) is 0 Å². The zero-order valence-corrected chi connectivity index (χ0v) is 12.9. The Hall–Kier alpha value is -0.870. The molecule has 1 aromatic rings. The van der Waals surface area contributed by atoms with E-state index in [0.29, 0.717) is 12.5 Å². The summed E-state index contributed by atoms with van der Waals surface area (Å²) < 4.78 is 11.1. The summed E-state index contributed by atoms with van der Waals surface area (Å²) in [6.45, 7) is 2.27. The molecule has 4 bridgehead atoms. The fraction of sp³-hybridized carbons (Fsp3) is 0.824. The van der Waals surface area contributed by atoms with Gasteiger partial charge in [0.2, 0.25) is 5.89 Å². The van der Waals surface area contributed by atoms with Gasteiger partial charge in [0.1, 0.15) is 5.76 Å². The third-order valence-electron chi connectivity index (χ3n) is 5.89. The van der Waals surface area contributed by atoms with Crippen molar-refractivity contribution in [2.45, 2.75) is 44.6 Å². The molecular formula is C17H26N2O2. The molecule has 4 saturated carbocycles. The van der Waals surface area contributed by atoms with E-state index in [1.807, 2.05) is 6.20 Å². The van der Waals surface area contributed by atoms with Gasteiger partial charge in [-0.05, 0) is 55.8 Å². The molecule has 4 aliphatic rings. The normalized spacial score (nSPS) is 37.3. The zero-order chi connectivity index (χ0) is 14.2. The minimum absolute atomic E-state index is 0.651. The Kier molecular flexibility index (Phi) is 3.76. The molecular weight excluding hydrogens is 264 g/mol. The maximum absolute atomic E-state index is 6.08. The van der Waals surface area contributed by atoms with Crippen LogP contribution in [0.25, 0.3) is 0 Å². The van der Waals surface area contributed by atoms with Crippen LogP contribution in [0.5, 0.6) is 0 Å². The lowest BCUT2D eigenvalue weighted by molar-refractivity contribution is -0.00994. The Morgan fingerprint density at radius 1 is 1.19 bits per heavy atom. The highest BCUT2D eigenvalue weighted by atomic mass is 16.5. The smallest absolute Gasteiger partial charge is 0.208 e. The molecule has 4 heteroatoms. The van der Waals surface area contributed by atoms with Crippen LogP contribution in [0.1, 0.15) is 49.7 Å². The summed E-state index contributed by atoms with van der Waals surface area (Å²) in [5.74, 6) is 6.40. The van der Waals surface area contributed by atoms with Crippen molar-refractivity contribution in [1.82, 2.24) is 10.3 Å². The zero-order valence-electron chi connectivity index (χ0n) is 12.9. The number of hydrogen-bond donors (Lipinski definition) is 1. The van der Waals surface area contributed by atoms with Crippen molar-refractivity contribution in [3.8, 4) is 0 Å². The average molecular weight is 290 g/mol. The number of nitrogens with zero attached hydrogens (tertiary/aromatic N) is 1.